The fraction of sp³-hybridized carbons (Fsp3) is 0.533. The van der Waals surface area contributed by atoms with Crippen molar-refractivity contribution in [2.75, 3.05) is 5.73 Å². The van der Waals surface area contributed by atoms with Crippen LogP contribution in [0.25, 0.3) is 0 Å². The van der Waals surface area contributed by atoms with Crippen LogP contribution in [0.3, 0.4) is 0 Å². The monoisotopic (exact) mass is 736 g/mol. The van der Waals surface area contributed by atoms with Crippen LogP contribution in [0.5, 0.6) is 5.75 Å². The van der Waals surface area contributed by atoms with Crippen LogP contribution in [0, 0.1) is 5.41 Å². The molecule has 5 atom stereocenters. The average Bonchev–Trinajstić information content (AvgIpc) is 3.38. The number of nitrogens with zero attached hydrogens (tertiary/aromatic N) is 3. The number of fused-ring (bicyclic) bond motifs is 1. The van der Waals surface area contributed by atoms with Crippen LogP contribution in [0.1, 0.15) is 76.1 Å². The number of oxime groups is 1. The number of carbonyl (C=O) groups is 3. The molecule has 2 amide bonds. The lowest BCUT2D eigenvalue weighted by Crippen LogP contribution is -2.76. The molecule has 50 heavy (non-hydrogen) atoms. The third-order valence-corrected chi connectivity index (χ3v) is 10.1. The van der Waals surface area contributed by atoms with Crippen LogP contribution in [0.15, 0.2) is 28.7 Å². The quantitative estimate of drug-likeness (QED) is 0.0425. The summed E-state index contributed by atoms with van der Waals surface area (Å²) in [5.41, 5.74) is 9.14. The highest BCUT2D eigenvalue weighted by molar-refractivity contribution is 7.80. The molecule has 0 radical (unpaired) electrons. The number of hydroxylamine groups is 2. The number of benzene rings is 1. The molecule has 2 unspecified atom stereocenters. The van der Waals surface area contributed by atoms with Crippen molar-refractivity contribution in [3.8, 4) is 5.75 Å². The Morgan fingerprint density at radius 1 is 1.22 bits per heavy atom. The predicted molar refractivity (Wildman–Crippen MR) is 180 cm³/mol. The molecule has 3 aliphatic rings. The molecule has 0 bridgehead atoms. The minimum Gasteiger partial charge on any atom is -0.485 e. The number of nitrogens with two attached hydrogens (primary N) is 2. The molecule has 1 aliphatic carbocycles. The van der Waals surface area contributed by atoms with E-state index in [1.807, 2.05) is 6.07 Å². The van der Waals surface area contributed by atoms with E-state index in [-0.39, 0.29) is 35.2 Å². The van der Waals surface area contributed by atoms with Crippen molar-refractivity contribution in [1.82, 2.24) is 20.7 Å². The molecule has 20 heteroatoms. The van der Waals surface area contributed by atoms with Gasteiger partial charge in [-0.3, -0.25) is 19.6 Å². The molecule has 1 aromatic carbocycles. The maximum atomic E-state index is 13.5. The second-order valence-corrected chi connectivity index (χ2v) is 15.1. The van der Waals surface area contributed by atoms with Gasteiger partial charge in [-0.2, -0.15) is 13.5 Å². The molecule has 1 saturated heterocycles. The van der Waals surface area contributed by atoms with Crippen molar-refractivity contribution in [2.45, 2.75) is 101 Å². The van der Waals surface area contributed by atoms with Crippen LogP contribution in [0.4, 0.5) is 5.13 Å². The number of rotatable bonds is 11. The highest BCUT2D eigenvalue weighted by atomic mass is 32.3. The second-order valence-electron chi connectivity index (χ2n) is 13.2. The first kappa shape index (κ1) is 36.9. The normalized spacial score (nSPS) is 24.8. The summed E-state index contributed by atoms with van der Waals surface area (Å²) in [6, 6.07) is 4.22. The molecule has 9 N–H and O–H groups in total. The second kappa shape index (κ2) is 14.1. The number of β-lactam (4-membered cyclic amide) rings is 1. The van der Waals surface area contributed by atoms with Gasteiger partial charge in [0.05, 0.1) is 5.54 Å². The summed E-state index contributed by atoms with van der Waals surface area (Å²) in [5, 5.41) is 30.4. The largest absolute Gasteiger partial charge is 0.485 e. The highest BCUT2D eigenvalue weighted by Crippen LogP contribution is 2.35. The number of hydrogen-bond donors (Lipinski definition) is 7. The predicted octanol–water partition coefficient (Wildman–Crippen LogP) is 1.10. The van der Waals surface area contributed by atoms with E-state index in [0.717, 1.165) is 49.0 Å². The van der Waals surface area contributed by atoms with Crippen LogP contribution < -0.4 is 26.8 Å². The Morgan fingerprint density at radius 3 is 2.60 bits per heavy atom. The summed E-state index contributed by atoms with van der Waals surface area (Å²) >= 11 is 0.964. The Hall–Kier alpha value is -4.37. The zero-order valence-electron chi connectivity index (χ0n) is 27.5. The number of carbonyl (C=O) groups excluding carboxylic acids is 2. The molecule has 1 saturated carbocycles. The number of anilines is 1. The van der Waals surface area contributed by atoms with E-state index in [1.165, 1.54) is 26.2 Å². The molecule has 5 rings (SSSR count). The van der Waals surface area contributed by atoms with Gasteiger partial charge >= 0.3 is 16.4 Å². The van der Waals surface area contributed by atoms with Crippen molar-refractivity contribution in [3.05, 3.63) is 40.4 Å². The molecule has 2 fully saturated rings. The summed E-state index contributed by atoms with van der Waals surface area (Å²) in [6.45, 7) is 3.99. The number of hydrogen-bond acceptors (Lipinski definition) is 14. The Kier molecular flexibility index (Phi) is 10.4. The Balaban J connectivity index is 1.32. The van der Waals surface area contributed by atoms with E-state index >= 15 is 0 Å². The van der Waals surface area contributed by atoms with Gasteiger partial charge in [0.1, 0.15) is 23.3 Å². The molecule has 18 nitrogen and oxygen atoms in total. The number of aryl methyl sites for hydroxylation is 1. The first-order chi connectivity index (χ1) is 23.4. The summed E-state index contributed by atoms with van der Waals surface area (Å²) in [4.78, 5) is 48.4. The van der Waals surface area contributed by atoms with E-state index in [4.69, 9.17) is 31.0 Å². The van der Waals surface area contributed by atoms with Gasteiger partial charge < -0.3 is 36.8 Å². The molecule has 2 aromatic rings. The van der Waals surface area contributed by atoms with Crippen molar-refractivity contribution >= 4 is 56.2 Å². The van der Waals surface area contributed by atoms with E-state index in [9.17, 15) is 27.9 Å². The van der Waals surface area contributed by atoms with Gasteiger partial charge in [0.15, 0.2) is 16.9 Å². The highest BCUT2D eigenvalue weighted by Gasteiger charge is 2.58. The standard InChI is InChI=1S/C30H40N8O10S2/c1-29(2)23(26(40)38(29)48-50(43,44)45)36-25(39)22(19-14-49-28(33)35-19)37-47-30(3,27(41)42)21-12-8-15-13-16(7-11-20(15)46-21)24(32)34-18-6-4-5-17(31)9-10-18/h7,11,13-14,17-18,21,23H,4-6,8-10,12,31H2,1-3H3,(H2,32,34)(H2,33,35)(H,36,39)(H,41,42)(H,43,44,45)/b37-22-/t17?,18?,21-,23-,30+/m1/s1. The van der Waals surface area contributed by atoms with Gasteiger partial charge in [-0.1, -0.05) is 5.16 Å². The molecular formula is C30H40N8O10S2. The Labute approximate surface area is 291 Å². The molecule has 2 aliphatic heterocycles. The van der Waals surface area contributed by atoms with Gasteiger partial charge in [0.25, 0.3) is 17.4 Å². The topological polar surface area (TPSA) is 282 Å². The van der Waals surface area contributed by atoms with Gasteiger partial charge in [-0.15, -0.1) is 15.6 Å². The van der Waals surface area contributed by atoms with Crippen LogP contribution in [0.2, 0.25) is 0 Å². The molecular weight excluding hydrogens is 697 g/mol. The lowest BCUT2D eigenvalue weighted by atomic mass is 9.84. The Bertz CT molecular complexity index is 1820. The first-order valence-corrected chi connectivity index (χ1v) is 18.1. The number of amidine groups is 1. The SMILES string of the molecule is CC1(C)[C@H](NC(=O)/C(=N\O[C@](C)(C(=O)O)[C@H]2CCc3cc(C(=N)NC4CCCC(N)CC4)ccc3O2)c2csc(N)n2)C(=O)N1OS(=O)(=O)O. The zero-order chi connectivity index (χ0) is 36.6. The van der Waals surface area contributed by atoms with E-state index in [2.05, 4.69) is 25.1 Å². The van der Waals surface area contributed by atoms with Crippen molar-refractivity contribution in [3.63, 3.8) is 0 Å². The van der Waals surface area contributed by atoms with E-state index in [0.29, 0.717) is 22.8 Å². The first-order valence-electron chi connectivity index (χ1n) is 15.8. The molecule has 3 heterocycles. The maximum absolute atomic E-state index is 13.5. The van der Waals surface area contributed by atoms with Crippen molar-refractivity contribution in [1.29, 1.82) is 5.41 Å². The van der Waals surface area contributed by atoms with Gasteiger partial charge in [0, 0.05) is 23.0 Å². The maximum Gasteiger partial charge on any atom is 0.418 e. The summed E-state index contributed by atoms with van der Waals surface area (Å²) in [6.07, 6.45) is 4.20. The van der Waals surface area contributed by atoms with Crippen molar-refractivity contribution in [2.24, 2.45) is 10.9 Å². The number of thiazole rings is 1. The minimum atomic E-state index is -5.03. The van der Waals surface area contributed by atoms with Crippen molar-refractivity contribution < 1.29 is 46.3 Å². The minimum absolute atomic E-state index is 0.0579. The lowest BCUT2D eigenvalue weighted by molar-refractivity contribution is -0.218. The number of aromatic nitrogens is 1. The van der Waals surface area contributed by atoms with Gasteiger partial charge in [0.2, 0.25) is 0 Å². The van der Waals surface area contributed by atoms with Gasteiger partial charge in [-0.05, 0) is 89.5 Å². The van der Waals surface area contributed by atoms with Gasteiger partial charge in [-0.25, -0.2) is 9.78 Å². The number of aliphatic carboxylic acids is 1. The molecule has 272 valence electrons. The number of carboxylic acid groups (broad SMARTS) is 1. The van der Waals surface area contributed by atoms with Crippen LogP contribution in [-0.4, -0.2) is 92.8 Å². The van der Waals surface area contributed by atoms with Crippen LogP contribution >= 0.6 is 11.3 Å². The Morgan fingerprint density at radius 2 is 1.96 bits per heavy atom. The van der Waals surface area contributed by atoms with E-state index in [1.54, 1.807) is 12.1 Å². The third kappa shape index (κ3) is 7.83. The number of nitrogen functional groups attached to an aromatic ring is 1. The number of carboxylic acids is 1. The third-order valence-electron chi connectivity index (χ3n) is 9.12. The number of nitrogens with one attached hydrogen (secondary N) is 3. The summed E-state index contributed by atoms with van der Waals surface area (Å²) in [5.74, 6) is -2.77. The number of ether oxygens (including phenoxy) is 1. The fourth-order valence-corrected chi connectivity index (χ4v) is 7.09. The summed E-state index contributed by atoms with van der Waals surface area (Å²) in [7, 11) is -5.03. The average molecular weight is 737 g/mol. The molecule has 1 aromatic heterocycles. The van der Waals surface area contributed by atoms with Crippen LogP contribution in [-0.2, 0) is 40.3 Å². The molecule has 0 spiro atoms. The lowest BCUT2D eigenvalue weighted by Gasteiger charge is -2.50. The summed E-state index contributed by atoms with van der Waals surface area (Å²) < 4.78 is 41.8. The zero-order valence-corrected chi connectivity index (χ0v) is 29.2. The van der Waals surface area contributed by atoms with E-state index < -0.39 is 57.2 Å². The smallest absolute Gasteiger partial charge is 0.418 e. The number of amides is 2. The fourth-order valence-electron chi connectivity index (χ4n) is 6.09.